The van der Waals surface area contributed by atoms with Crippen LogP contribution < -0.4 is 43.9 Å². The van der Waals surface area contributed by atoms with E-state index in [1.165, 1.54) is 11.3 Å². The zero-order valence-electron chi connectivity index (χ0n) is 78.4. The number of likely N-dealkylation sites (tertiary alicyclic amines) is 1. The molecular formula is C105H117N7O17S. The van der Waals surface area contributed by atoms with Crippen LogP contribution >= 0.6 is 11.3 Å². The van der Waals surface area contributed by atoms with Gasteiger partial charge in [-0.15, -0.1) is 11.3 Å². The fourth-order valence-corrected chi connectivity index (χ4v) is 15.5. The highest BCUT2D eigenvalue weighted by Gasteiger charge is 2.34. The maximum Gasteiger partial charge on any atom is 0.312 e. The van der Waals surface area contributed by atoms with Crippen LogP contribution in [0.2, 0.25) is 0 Å². The van der Waals surface area contributed by atoms with Crippen molar-refractivity contribution in [2.24, 2.45) is 11.8 Å². The van der Waals surface area contributed by atoms with E-state index in [-0.39, 0.29) is 68.8 Å². The van der Waals surface area contributed by atoms with Crippen molar-refractivity contribution in [3.05, 3.63) is 306 Å². The molecule has 680 valence electrons. The lowest BCUT2D eigenvalue weighted by molar-refractivity contribution is -0.146. The lowest BCUT2D eigenvalue weighted by Crippen LogP contribution is -2.54. The summed E-state index contributed by atoms with van der Waals surface area (Å²) in [6.45, 7) is 16.9. The number of anilines is 4. The molecule has 2 aliphatic rings. The smallest absolute Gasteiger partial charge is 0.312 e. The van der Waals surface area contributed by atoms with Crippen molar-refractivity contribution >= 4 is 63.9 Å². The molecule has 1 saturated carbocycles. The van der Waals surface area contributed by atoms with Crippen LogP contribution in [0.1, 0.15) is 132 Å². The largest absolute Gasteiger partial charge is 0.493 e. The molecule has 25 heteroatoms. The summed E-state index contributed by atoms with van der Waals surface area (Å²) in [5.74, 6) is 1.97. The van der Waals surface area contributed by atoms with E-state index in [0.717, 1.165) is 115 Å². The lowest BCUT2D eigenvalue weighted by Gasteiger charge is -2.39. The molecule has 1 saturated heterocycles. The molecule has 1 aliphatic carbocycles. The fourth-order valence-electron chi connectivity index (χ4n) is 14.7. The van der Waals surface area contributed by atoms with Gasteiger partial charge in [0.15, 0.2) is 0 Å². The molecule has 0 spiro atoms. The molecule has 0 radical (unpaired) electrons. The number of hydrogen-bond donors (Lipinski definition) is 5. The molecule has 13 aromatic rings. The second kappa shape index (κ2) is 47.9. The van der Waals surface area contributed by atoms with Crippen LogP contribution in [0.15, 0.2) is 291 Å². The first-order valence-corrected chi connectivity index (χ1v) is 44.6. The number of benzene rings is 8. The first-order chi connectivity index (χ1) is 64.6. The molecule has 4 unspecified atom stereocenters. The number of rotatable bonds is 42. The number of nitrogens with zero attached hydrogens (tertiary/aromatic N) is 6. The highest BCUT2D eigenvalue weighted by atomic mass is 32.1. The number of hydrogen-bond acceptors (Lipinski definition) is 20. The zero-order chi connectivity index (χ0) is 95.3. The SMILES string of the molecule is [2H]C(c1ccccc1OC1CN(CCC(=O)O)C1)N(c1ccc(-c2ccco2)cc1)C(C)C.[2H]C(c1ccccc1OCCC1CC(C(=O)O)C1)N(c1ccc(-c2ccco2)cc1)C(C)C.[2H]C(c1ccccc1OCCNC(=O)CC(=O)O)N(c1ccc(-c2ccco2)cc1)C(C)C.[2H]C(c1ccccc1OCc1csc(CCC(=O)O)n1)N(c1ccc(-c2ccco2)cc1)C(C)C. The van der Waals surface area contributed by atoms with Crippen molar-refractivity contribution in [1.29, 1.82) is 0 Å². The quantitative estimate of drug-likeness (QED) is 0.0175. The Kier molecular flexibility index (Phi) is 33.0. The van der Waals surface area contributed by atoms with Crippen molar-refractivity contribution in [2.75, 3.05) is 59.0 Å². The Bertz CT molecular complexity index is 5790. The number of ether oxygens (including phenoxy) is 4. The third-order valence-corrected chi connectivity index (χ3v) is 22.6. The average molecular weight is 1790 g/mol. The number of furan rings is 4. The second-order valence-corrected chi connectivity index (χ2v) is 33.5. The molecule has 24 nitrogen and oxygen atoms in total. The summed E-state index contributed by atoms with van der Waals surface area (Å²) in [6.07, 6.45) is 8.96. The summed E-state index contributed by atoms with van der Waals surface area (Å²) < 4.78 is 82.4. The van der Waals surface area contributed by atoms with E-state index in [2.05, 4.69) is 66.5 Å². The Morgan fingerprint density at radius 1 is 0.454 bits per heavy atom. The van der Waals surface area contributed by atoms with Gasteiger partial charge in [-0.05, 0) is 250 Å². The molecule has 1 amide bonds. The fraction of sp³-hybridized carbons (Fsp3) is 0.314. The number of carboxylic acid groups (broad SMARTS) is 4. The maximum absolute atomic E-state index is 11.5. The molecule has 0 bridgehead atoms. The first-order valence-electron chi connectivity index (χ1n) is 46.0. The summed E-state index contributed by atoms with van der Waals surface area (Å²) in [4.78, 5) is 69.3. The summed E-state index contributed by atoms with van der Waals surface area (Å²) in [5, 5.41) is 40.6. The van der Waals surface area contributed by atoms with Crippen molar-refractivity contribution in [3.63, 3.8) is 0 Å². The summed E-state index contributed by atoms with van der Waals surface area (Å²) in [7, 11) is 0. The molecule has 2 fully saturated rings. The molecule has 4 atom stereocenters. The third-order valence-electron chi connectivity index (χ3n) is 21.6. The van der Waals surface area contributed by atoms with Gasteiger partial charge >= 0.3 is 23.9 Å². The number of aliphatic carboxylic acids is 4. The average Bonchev–Trinajstić information content (AvgIpc) is 1.83. The highest BCUT2D eigenvalue weighted by molar-refractivity contribution is 7.09. The Hall–Kier alpha value is -13.8. The van der Waals surface area contributed by atoms with Gasteiger partial charge in [-0.3, -0.25) is 28.9 Å². The monoisotopic (exact) mass is 1780 g/mol. The third kappa shape index (κ3) is 28.4. The number of carbonyl (C=O) groups excluding carboxylic acids is 1. The minimum absolute atomic E-state index is 0.00669. The first kappa shape index (κ1) is 89.6. The van der Waals surface area contributed by atoms with E-state index < -0.39 is 62.3 Å². The Morgan fingerprint density at radius 2 is 0.815 bits per heavy atom. The van der Waals surface area contributed by atoms with Crippen LogP contribution in [-0.2, 0) is 63.1 Å². The van der Waals surface area contributed by atoms with Gasteiger partial charge in [-0.2, -0.15) is 0 Å². The number of carboxylic acids is 4. The van der Waals surface area contributed by atoms with Gasteiger partial charge in [-0.25, -0.2) is 4.98 Å². The van der Waals surface area contributed by atoms with Gasteiger partial charge in [0.05, 0.1) is 73.1 Å². The van der Waals surface area contributed by atoms with Gasteiger partial charge in [0.2, 0.25) is 5.91 Å². The minimum Gasteiger partial charge on any atom is -0.493 e. The zero-order valence-corrected chi connectivity index (χ0v) is 75.2. The number of para-hydroxylation sites is 4. The van der Waals surface area contributed by atoms with Crippen LogP contribution in [0.4, 0.5) is 22.7 Å². The molecule has 5 aromatic heterocycles. The van der Waals surface area contributed by atoms with E-state index in [1.54, 1.807) is 31.1 Å². The van der Waals surface area contributed by atoms with Crippen molar-refractivity contribution < 1.29 is 86.5 Å². The number of aryl methyl sites for hydroxylation is 1. The molecule has 1 aliphatic heterocycles. The highest BCUT2D eigenvalue weighted by Crippen LogP contribution is 2.39. The molecule has 15 rings (SSSR count). The number of nitrogens with one attached hydrogen (secondary N) is 1. The minimum atomic E-state index is -1.18. The Labute approximate surface area is 769 Å². The van der Waals surface area contributed by atoms with Gasteiger partial charge in [0.25, 0.3) is 0 Å². The van der Waals surface area contributed by atoms with Crippen LogP contribution in [0, 0.1) is 11.8 Å². The van der Waals surface area contributed by atoms with E-state index >= 15 is 0 Å². The maximum atomic E-state index is 11.5. The number of amides is 1. The summed E-state index contributed by atoms with van der Waals surface area (Å²) >= 11 is 1.44. The molecule has 130 heavy (non-hydrogen) atoms. The molecule has 5 N–H and O–H groups in total. The number of thiazole rings is 1. The van der Waals surface area contributed by atoms with Gasteiger partial charge < -0.3 is 82.0 Å². The lowest BCUT2D eigenvalue weighted by atomic mass is 9.73. The van der Waals surface area contributed by atoms with Crippen LogP contribution in [0.3, 0.4) is 0 Å². The predicted octanol–water partition coefficient (Wildman–Crippen LogP) is 21.9. The van der Waals surface area contributed by atoms with Crippen LogP contribution in [0.25, 0.3) is 45.3 Å². The van der Waals surface area contributed by atoms with E-state index in [0.29, 0.717) is 67.1 Å². The van der Waals surface area contributed by atoms with Crippen molar-refractivity contribution in [1.82, 2.24) is 15.2 Å². The van der Waals surface area contributed by atoms with Gasteiger partial charge in [0.1, 0.15) is 71.8 Å². The topological polar surface area (TPSA) is 297 Å². The normalized spacial score (nSPS) is 14.8. The Balaban J connectivity index is 0.000000161. The van der Waals surface area contributed by atoms with E-state index in [4.69, 9.17) is 62.5 Å². The second-order valence-electron chi connectivity index (χ2n) is 32.6. The van der Waals surface area contributed by atoms with Gasteiger partial charge in [0, 0.05) is 149 Å². The predicted molar refractivity (Wildman–Crippen MR) is 508 cm³/mol. The van der Waals surface area contributed by atoms with Crippen molar-refractivity contribution in [2.45, 2.75) is 163 Å². The number of aromatic nitrogens is 1. The molecule has 8 aromatic carbocycles. The summed E-state index contributed by atoms with van der Waals surface area (Å²) in [6, 6.07) is 77.9. The Morgan fingerprint density at radius 3 is 1.17 bits per heavy atom. The molecule has 6 heterocycles. The molecular weight excluding hydrogens is 1660 g/mol. The van der Waals surface area contributed by atoms with E-state index in [1.807, 2.05) is 266 Å². The van der Waals surface area contributed by atoms with Gasteiger partial charge in [-0.1, -0.05) is 72.8 Å². The summed E-state index contributed by atoms with van der Waals surface area (Å²) in [5.41, 5.74) is 11.5. The number of carbonyl (C=O) groups is 5. The van der Waals surface area contributed by atoms with E-state index in [9.17, 15) is 24.0 Å². The standard InChI is InChI=1S/C27H28N2O4S.C27H31NO4.C26H30N2O4.C25H28N2O5/c1-19(2)29(23-11-9-20(10-12-23)24-8-5-15-32-24)16-21-6-3-4-7-25(21)33-17-22-18-34-26(28-22)13-14-27(30)31;1-19(2)28(24-11-9-21(10-12-24)25-8-5-14-31-25)18-22-6-3-4-7-26(22)32-15-13-20-16-23(17-20)27(29)30;1-19(2)28(22-11-9-20(10-12-22)24-8-5-15-31-24)16-21-6-3-4-7-25(21)32-23-17-27(18-23)14-13-26(29)30;1-18(2)27(21-11-9-19(10-12-21)22-8-5-14-31-22)17-20-6-3-4-7-23(20)32-15-13-26-24(28)16-25(29)30/h3-12,15,18-19H,13-14,16-17H2,1-2H3,(H,30,31);3-12,14,19-20,23H,13,15-18H2,1-2H3,(H,29,30);3-12,15,19,23H,13-14,16-18H2,1-2H3,(H,29,30);3-12,14,18H,13,15-17H2,1-2H3,(H,26,28)(H,29,30)/i16D;18D;16D;17D. The van der Waals surface area contributed by atoms with Crippen LogP contribution in [-0.4, -0.2) is 130 Å². The van der Waals surface area contributed by atoms with Crippen molar-refractivity contribution in [3.8, 4) is 68.3 Å². The van der Waals surface area contributed by atoms with Crippen LogP contribution in [0.5, 0.6) is 23.0 Å².